The van der Waals surface area contributed by atoms with Gasteiger partial charge in [-0.1, -0.05) is 6.08 Å². The number of rotatable bonds is 7. The second-order valence-corrected chi connectivity index (χ2v) is 4.20. The molecule has 0 atom stereocenters. The van der Waals surface area contributed by atoms with E-state index in [-0.39, 0.29) is 5.82 Å². The zero-order valence-corrected chi connectivity index (χ0v) is 9.39. The first-order valence-electron chi connectivity index (χ1n) is 4.81. The molecule has 0 aliphatic heterocycles. The fourth-order valence-electron chi connectivity index (χ4n) is 1.10. The predicted octanol–water partition coefficient (Wildman–Crippen LogP) is 2.23. The third-order valence-electron chi connectivity index (χ3n) is 1.75. The van der Waals surface area contributed by atoms with Gasteiger partial charge in [-0.15, -0.1) is 6.58 Å². The molecule has 0 radical (unpaired) electrons. The van der Waals surface area contributed by atoms with Gasteiger partial charge in [-0.25, -0.2) is 4.39 Å². The van der Waals surface area contributed by atoms with Crippen molar-refractivity contribution in [1.82, 2.24) is 10.3 Å². The van der Waals surface area contributed by atoms with Gasteiger partial charge < -0.3 is 5.32 Å². The van der Waals surface area contributed by atoms with Crippen LogP contribution < -0.4 is 5.32 Å². The van der Waals surface area contributed by atoms with E-state index >= 15 is 0 Å². The van der Waals surface area contributed by atoms with Crippen LogP contribution in [0.2, 0.25) is 0 Å². The molecule has 1 N–H and O–H groups in total. The Morgan fingerprint density at radius 1 is 1.53 bits per heavy atom. The van der Waals surface area contributed by atoms with Crippen LogP contribution in [0, 0.1) is 5.82 Å². The topological polar surface area (TPSA) is 24.9 Å². The summed E-state index contributed by atoms with van der Waals surface area (Å²) in [4.78, 5) is 3.78. The molecule has 0 aromatic carbocycles. The van der Waals surface area contributed by atoms with Gasteiger partial charge >= 0.3 is 0 Å². The summed E-state index contributed by atoms with van der Waals surface area (Å²) in [6.45, 7) is 5.22. The maximum absolute atomic E-state index is 12.7. The number of halogens is 1. The lowest BCUT2D eigenvalue weighted by molar-refractivity contribution is 0.614. The Labute approximate surface area is 94.0 Å². The van der Waals surface area contributed by atoms with Gasteiger partial charge in [0.25, 0.3) is 0 Å². The van der Waals surface area contributed by atoms with E-state index in [9.17, 15) is 4.39 Å². The molecule has 1 heterocycles. The minimum absolute atomic E-state index is 0.282. The van der Waals surface area contributed by atoms with Gasteiger partial charge in [0, 0.05) is 30.8 Å². The lowest BCUT2D eigenvalue weighted by Gasteiger charge is -2.03. The second kappa shape index (κ2) is 7.43. The van der Waals surface area contributed by atoms with Crippen molar-refractivity contribution in [2.45, 2.75) is 6.54 Å². The Morgan fingerprint density at radius 2 is 2.40 bits per heavy atom. The van der Waals surface area contributed by atoms with Crippen molar-refractivity contribution in [2.75, 3.05) is 18.1 Å². The highest BCUT2D eigenvalue weighted by Gasteiger charge is 1.95. The first kappa shape index (κ1) is 12.2. The Balaban J connectivity index is 2.12. The van der Waals surface area contributed by atoms with Gasteiger partial charge in [-0.2, -0.15) is 11.8 Å². The average Bonchev–Trinajstić information content (AvgIpc) is 2.23. The molecule has 0 fully saturated rings. The zero-order chi connectivity index (χ0) is 10.9. The first-order chi connectivity index (χ1) is 7.33. The van der Waals surface area contributed by atoms with Crippen LogP contribution in [0.3, 0.4) is 0 Å². The van der Waals surface area contributed by atoms with E-state index in [0.717, 1.165) is 23.6 Å². The van der Waals surface area contributed by atoms with E-state index in [2.05, 4.69) is 16.9 Å². The molecule has 0 saturated carbocycles. The standard InChI is InChI=1S/C11H15FN2S/c1-2-4-15-5-3-13-7-10-6-11(12)9-14-8-10/h2,6,8-9,13H,1,3-5,7H2. The van der Waals surface area contributed by atoms with E-state index in [0.29, 0.717) is 6.54 Å². The normalized spacial score (nSPS) is 10.2. The van der Waals surface area contributed by atoms with Gasteiger partial charge in [0.1, 0.15) is 5.82 Å². The van der Waals surface area contributed by atoms with E-state index < -0.39 is 0 Å². The molecule has 0 aliphatic carbocycles. The maximum Gasteiger partial charge on any atom is 0.141 e. The molecule has 2 nitrogen and oxygen atoms in total. The third kappa shape index (κ3) is 5.54. The van der Waals surface area contributed by atoms with Crippen LogP contribution in [0.5, 0.6) is 0 Å². The smallest absolute Gasteiger partial charge is 0.141 e. The van der Waals surface area contributed by atoms with Crippen LogP contribution in [0.4, 0.5) is 4.39 Å². The largest absolute Gasteiger partial charge is 0.312 e. The predicted molar refractivity (Wildman–Crippen MR) is 63.4 cm³/mol. The van der Waals surface area contributed by atoms with Crippen molar-refractivity contribution >= 4 is 11.8 Å². The summed E-state index contributed by atoms with van der Waals surface area (Å²) < 4.78 is 12.7. The van der Waals surface area contributed by atoms with E-state index in [1.54, 1.807) is 6.20 Å². The van der Waals surface area contributed by atoms with Crippen LogP contribution in [0.1, 0.15) is 5.56 Å². The summed E-state index contributed by atoms with van der Waals surface area (Å²) >= 11 is 1.82. The van der Waals surface area contributed by atoms with Crippen molar-refractivity contribution < 1.29 is 4.39 Å². The molecule has 0 spiro atoms. The lowest BCUT2D eigenvalue weighted by Crippen LogP contribution is -2.16. The SMILES string of the molecule is C=CCSCCNCc1cncc(F)c1. The van der Waals surface area contributed by atoms with E-state index in [1.807, 2.05) is 17.8 Å². The van der Waals surface area contributed by atoms with Crippen LogP contribution in [0.15, 0.2) is 31.1 Å². The fourth-order valence-corrected chi connectivity index (χ4v) is 1.72. The molecule has 15 heavy (non-hydrogen) atoms. The fraction of sp³-hybridized carbons (Fsp3) is 0.364. The quantitative estimate of drug-likeness (QED) is 0.570. The number of aromatic nitrogens is 1. The van der Waals surface area contributed by atoms with Crippen molar-refractivity contribution in [3.63, 3.8) is 0 Å². The lowest BCUT2D eigenvalue weighted by atomic mass is 10.3. The maximum atomic E-state index is 12.7. The van der Waals surface area contributed by atoms with Crippen molar-refractivity contribution in [3.05, 3.63) is 42.5 Å². The summed E-state index contributed by atoms with van der Waals surface area (Å²) in [5, 5.41) is 3.23. The van der Waals surface area contributed by atoms with E-state index in [1.165, 1.54) is 12.3 Å². The average molecular weight is 226 g/mol. The van der Waals surface area contributed by atoms with Crippen LogP contribution in [-0.4, -0.2) is 23.0 Å². The Hall–Kier alpha value is -0.870. The molecule has 0 unspecified atom stereocenters. The molecule has 0 aliphatic rings. The molecule has 1 aromatic rings. The minimum atomic E-state index is -0.282. The summed E-state index contributed by atoms with van der Waals surface area (Å²) in [5.74, 6) is 1.73. The molecular formula is C11H15FN2S. The minimum Gasteiger partial charge on any atom is -0.312 e. The Kier molecular flexibility index (Phi) is 6.04. The molecular weight excluding hydrogens is 211 g/mol. The van der Waals surface area contributed by atoms with Gasteiger partial charge in [0.2, 0.25) is 0 Å². The molecule has 0 bridgehead atoms. The van der Waals surface area contributed by atoms with Crippen LogP contribution >= 0.6 is 11.8 Å². The van der Waals surface area contributed by atoms with Gasteiger partial charge in [0.15, 0.2) is 0 Å². The first-order valence-corrected chi connectivity index (χ1v) is 5.97. The van der Waals surface area contributed by atoms with Crippen LogP contribution in [-0.2, 0) is 6.54 Å². The summed E-state index contributed by atoms with van der Waals surface area (Å²) in [7, 11) is 0. The third-order valence-corrected chi connectivity index (χ3v) is 2.71. The molecule has 82 valence electrons. The van der Waals surface area contributed by atoms with Crippen LogP contribution in [0.25, 0.3) is 0 Å². The Morgan fingerprint density at radius 3 is 3.13 bits per heavy atom. The molecule has 1 rings (SSSR count). The number of nitrogens with zero attached hydrogens (tertiary/aromatic N) is 1. The number of hydrogen-bond acceptors (Lipinski definition) is 3. The molecule has 0 saturated heterocycles. The molecule has 0 amide bonds. The van der Waals surface area contributed by atoms with Crippen molar-refractivity contribution in [1.29, 1.82) is 0 Å². The summed E-state index contributed by atoms with van der Waals surface area (Å²) in [6, 6.07) is 1.50. The number of hydrogen-bond donors (Lipinski definition) is 1. The summed E-state index contributed by atoms with van der Waals surface area (Å²) in [5.41, 5.74) is 0.878. The van der Waals surface area contributed by atoms with Gasteiger partial charge in [-0.05, 0) is 11.6 Å². The Bertz CT molecular complexity index is 304. The molecule has 1 aromatic heterocycles. The monoisotopic (exact) mass is 226 g/mol. The highest BCUT2D eigenvalue weighted by molar-refractivity contribution is 7.99. The highest BCUT2D eigenvalue weighted by atomic mass is 32.2. The van der Waals surface area contributed by atoms with Crippen molar-refractivity contribution in [2.24, 2.45) is 0 Å². The highest BCUT2D eigenvalue weighted by Crippen LogP contribution is 2.01. The van der Waals surface area contributed by atoms with Crippen molar-refractivity contribution in [3.8, 4) is 0 Å². The molecule has 4 heteroatoms. The van der Waals surface area contributed by atoms with Gasteiger partial charge in [0.05, 0.1) is 6.20 Å². The second-order valence-electron chi connectivity index (χ2n) is 3.05. The van der Waals surface area contributed by atoms with E-state index in [4.69, 9.17) is 0 Å². The number of thioether (sulfide) groups is 1. The summed E-state index contributed by atoms with van der Waals surface area (Å²) in [6.07, 6.45) is 4.78. The number of pyridine rings is 1. The van der Waals surface area contributed by atoms with Gasteiger partial charge in [-0.3, -0.25) is 4.98 Å². The zero-order valence-electron chi connectivity index (χ0n) is 8.58. The number of nitrogens with one attached hydrogen (secondary N) is 1.